The SMILES string of the molecule is O=S(=O)(c1ccc2nc(-c3ccccc3)c(-c3ccccc3)nc2c1)N1CCOCC1. The van der Waals surface area contributed by atoms with E-state index in [0.717, 1.165) is 22.5 Å². The standard InChI is InChI=1S/C24H21N3O3S/c28-31(29,27-13-15-30-16-14-27)20-11-12-21-22(17-20)26-24(19-9-5-2-6-10-19)23(25-21)18-7-3-1-4-8-18/h1-12,17H,13-16H2. The van der Waals surface area contributed by atoms with Crippen molar-refractivity contribution in [3.63, 3.8) is 0 Å². The van der Waals surface area contributed by atoms with Gasteiger partial charge in [0.05, 0.1) is 40.5 Å². The van der Waals surface area contributed by atoms with Gasteiger partial charge >= 0.3 is 0 Å². The zero-order valence-corrected chi connectivity index (χ0v) is 17.6. The zero-order valence-electron chi connectivity index (χ0n) is 16.8. The molecule has 4 aromatic rings. The maximum absolute atomic E-state index is 13.1. The minimum absolute atomic E-state index is 0.225. The van der Waals surface area contributed by atoms with E-state index in [1.54, 1.807) is 18.2 Å². The van der Waals surface area contributed by atoms with Crippen molar-refractivity contribution in [1.29, 1.82) is 0 Å². The lowest BCUT2D eigenvalue weighted by Crippen LogP contribution is -2.40. The van der Waals surface area contributed by atoms with E-state index in [2.05, 4.69) is 0 Å². The van der Waals surface area contributed by atoms with Gasteiger partial charge in [0, 0.05) is 24.2 Å². The van der Waals surface area contributed by atoms with Gasteiger partial charge in [0.15, 0.2) is 0 Å². The second kappa shape index (κ2) is 8.19. The van der Waals surface area contributed by atoms with E-state index in [9.17, 15) is 8.42 Å². The number of fused-ring (bicyclic) bond motifs is 1. The molecule has 0 spiro atoms. The molecule has 3 aromatic carbocycles. The molecule has 1 saturated heterocycles. The molecule has 1 aromatic heterocycles. The highest BCUT2D eigenvalue weighted by molar-refractivity contribution is 7.89. The lowest BCUT2D eigenvalue weighted by Gasteiger charge is -2.26. The molecule has 0 unspecified atom stereocenters. The van der Waals surface area contributed by atoms with Crippen molar-refractivity contribution < 1.29 is 13.2 Å². The van der Waals surface area contributed by atoms with Gasteiger partial charge in [-0.25, -0.2) is 18.4 Å². The minimum atomic E-state index is -3.61. The molecule has 0 saturated carbocycles. The second-order valence-electron chi connectivity index (χ2n) is 7.32. The fourth-order valence-corrected chi connectivity index (χ4v) is 5.15. The molecule has 156 valence electrons. The van der Waals surface area contributed by atoms with Crippen LogP contribution < -0.4 is 0 Å². The van der Waals surface area contributed by atoms with Gasteiger partial charge in [-0.2, -0.15) is 4.31 Å². The quantitative estimate of drug-likeness (QED) is 0.489. The van der Waals surface area contributed by atoms with Gasteiger partial charge in [0.1, 0.15) is 0 Å². The molecule has 0 amide bonds. The largest absolute Gasteiger partial charge is 0.379 e. The van der Waals surface area contributed by atoms with Crippen molar-refractivity contribution in [1.82, 2.24) is 14.3 Å². The van der Waals surface area contributed by atoms with Crippen LogP contribution in [0.15, 0.2) is 83.8 Å². The highest BCUT2D eigenvalue weighted by Crippen LogP contribution is 2.31. The van der Waals surface area contributed by atoms with Crippen molar-refractivity contribution in [2.75, 3.05) is 26.3 Å². The van der Waals surface area contributed by atoms with Gasteiger partial charge in [-0.1, -0.05) is 60.7 Å². The summed E-state index contributed by atoms with van der Waals surface area (Å²) in [6.07, 6.45) is 0. The third kappa shape index (κ3) is 3.83. The molecule has 0 N–H and O–H groups in total. The highest BCUT2D eigenvalue weighted by atomic mass is 32.2. The first kappa shape index (κ1) is 19.8. The summed E-state index contributed by atoms with van der Waals surface area (Å²) in [7, 11) is -3.61. The van der Waals surface area contributed by atoms with Crippen LogP contribution in [0.5, 0.6) is 0 Å². The van der Waals surface area contributed by atoms with E-state index < -0.39 is 10.0 Å². The van der Waals surface area contributed by atoms with Crippen LogP contribution in [0.1, 0.15) is 0 Å². The molecule has 6 nitrogen and oxygen atoms in total. The number of nitrogens with zero attached hydrogens (tertiary/aromatic N) is 3. The second-order valence-corrected chi connectivity index (χ2v) is 9.26. The zero-order chi connectivity index (χ0) is 21.3. The number of aromatic nitrogens is 2. The predicted octanol–water partition coefficient (Wildman–Crippen LogP) is 3.98. The Hall–Kier alpha value is -3.13. The summed E-state index contributed by atoms with van der Waals surface area (Å²) < 4.78 is 32.9. The van der Waals surface area contributed by atoms with E-state index in [0.29, 0.717) is 37.3 Å². The Morgan fingerprint density at radius 3 is 1.84 bits per heavy atom. The summed E-state index contributed by atoms with van der Waals surface area (Å²) in [6, 6.07) is 24.7. The van der Waals surface area contributed by atoms with E-state index in [1.165, 1.54) is 4.31 Å². The molecule has 5 rings (SSSR count). The topological polar surface area (TPSA) is 72.4 Å². The van der Waals surface area contributed by atoms with Gasteiger partial charge in [-0.05, 0) is 18.2 Å². The highest BCUT2D eigenvalue weighted by Gasteiger charge is 2.27. The maximum Gasteiger partial charge on any atom is 0.243 e. The summed E-state index contributed by atoms with van der Waals surface area (Å²) in [5, 5.41) is 0. The lowest BCUT2D eigenvalue weighted by molar-refractivity contribution is 0.0730. The van der Waals surface area contributed by atoms with Crippen LogP contribution >= 0.6 is 0 Å². The number of ether oxygens (including phenoxy) is 1. The van der Waals surface area contributed by atoms with Crippen LogP contribution in [-0.2, 0) is 14.8 Å². The number of rotatable bonds is 4. The van der Waals surface area contributed by atoms with Crippen LogP contribution in [0, 0.1) is 0 Å². The van der Waals surface area contributed by atoms with Crippen molar-refractivity contribution in [3.05, 3.63) is 78.9 Å². The molecule has 1 aliphatic heterocycles. The van der Waals surface area contributed by atoms with Crippen LogP contribution in [0.25, 0.3) is 33.5 Å². The summed E-state index contributed by atoms with van der Waals surface area (Å²) in [4.78, 5) is 9.96. The molecule has 0 atom stereocenters. The first-order valence-corrected chi connectivity index (χ1v) is 11.6. The van der Waals surface area contributed by atoms with Crippen molar-refractivity contribution in [2.24, 2.45) is 0 Å². The van der Waals surface area contributed by atoms with E-state index in [1.807, 2.05) is 60.7 Å². The predicted molar refractivity (Wildman–Crippen MR) is 120 cm³/mol. The van der Waals surface area contributed by atoms with Gasteiger partial charge < -0.3 is 4.74 Å². The molecule has 2 heterocycles. The molecule has 0 radical (unpaired) electrons. The van der Waals surface area contributed by atoms with Gasteiger partial charge in [0.2, 0.25) is 10.0 Å². The van der Waals surface area contributed by atoms with Gasteiger partial charge in [-0.3, -0.25) is 0 Å². The molecular formula is C24H21N3O3S. The molecule has 31 heavy (non-hydrogen) atoms. The van der Waals surface area contributed by atoms with E-state index in [-0.39, 0.29) is 4.90 Å². The monoisotopic (exact) mass is 431 g/mol. The number of benzene rings is 3. The van der Waals surface area contributed by atoms with Crippen molar-refractivity contribution in [2.45, 2.75) is 4.90 Å². The Morgan fingerprint density at radius 1 is 0.710 bits per heavy atom. The average Bonchev–Trinajstić information content (AvgIpc) is 2.84. The maximum atomic E-state index is 13.1. The lowest BCUT2D eigenvalue weighted by atomic mass is 10.0. The normalized spacial score (nSPS) is 15.2. The molecule has 1 aliphatic rings. The fraction of sp³-hybridized carbons (Fsp3) is 0.167. The molecule has 0 bridgehead atoms. The van der Waals surface area contributed by atoms with Crippen LogP contribution in [-0.4, -0.2) is 49.0 Å². The molecule has 7 heteroatoms. The minimum Gasteiger partial charge on any atom is -0.379 e. The van der Waals surface area contributed by atoms with Crippen LogP contribution in [0.2, 0.25) is 0 Å². The molecular weight excluding hydrogens is 410 g/mol. The summed E-state index contributed by atoms with van der Waals surface area (Å²) in [5.41, 5.74) is 4.58. The van der Waals surface area contributed by atoms with Crippen molar-refractivity contribution in [3.8, 4) is 22.5 Å². The fourth-order valence-electron chi connectivity index (χ4n) is 3.73. The number of hydrogen-bond donors (Lipinski definition) is 0. The molecule has 0 aliphatic carbocycles. The Labute approximate surface area is 181 Å². The third-order valence-corrected chi connectivity index (χ3v) is 7.23. The van der Waals surface area contributed by atoms with E-state index >= 15 is 0 Å². The summed E-state index contributed by atoms with van der Waals surface area (Å²) in [5.74, 6) is 0. The smallest absolute Gasteiger partial charge is 0.243 e. The first-order valence-electron chi connectivity index (χ1n) is 10.1. The Morgan fingerprint density at radius 2 is 1.26 bits per heavy atom. The summed E-state index contributed by atoms with van der Waals surface area (Å²) in [6.45, 7) is 1.53. The Balaban J connectivity index is 1.67. The number of morpholine rings is 1. The Bertz CT molecular complexity index is 1320. The number of hydrogen-bond acceptors (Lipinski definition) is 5. The average molecular weight is 432 g/mol. The van der Waals surface area contributed by atoms with E-state index in [4.69, 9.17) is 14.7 Å². The van der Waals surface area contributed by atoms with Crippen LogP contribution in [0.4, 0.5) is 0 Å². The third-order valence-electron chi connectivity index (χ3n) is 5.34. The first-order chi connectivity index (χ1) is 15.1. The summed E-state index contributed by atoms with van der Waals surface area (Å²) >= 11 is 0. The van der Waals surface area contributed by atoms with Gasteiger partial charge in [0.25, 0.3) is 0 Å². The number of sulfonamides is 1. The molecule has 1 fully saturated rings. The Kier molecular flexibility index (Phi) is 5.23. The van der Waals surface area contributed by atoms with Gasteiger partial charge in [-0.15, -0.1) is 0 Å². The van der Waals surface area contributed by atoms with Crippen LogP contribution in [0.3, 0.4) is 0 Å². The van der Waals surface area contributed by atoms with Crippen molar-refractivity contribution >= 4 is 21.1 Å².